The molecule has 0 bridgehead atoms. The Hall–Kier alpha value is -0.300. The Morgan fingerprint density at radius 1 is 1.27 bits per heavy atom. The largest absolute Gasteiger partial charge is 0.300 e. The topological polar surface area (TPSA) is 17.1 Å². The summed E-state index contributed by atoms with van der Waals surface area (Å²) in [6.07, 6.45) is 3.14. The Balaban J connectivity index is 0. The van der Waals surface area contributed by atoms with Gasteiger partial charge >= 0.3 is 0 Å². The van der Waals surface area contributed by atoms with Crippen LogP contribution in [-0.2, 0) is 4.79 Å². The van der Waals surface area contributed by atoms with Crippen LogP contribution in [0, 0.1) is 0 Å². The molecular weight excluding hydrogens is 160 g/mol. The van der Waals surface area contributed by atoms with Crippen LogP contribution in [0.25, 0.3) is 0 Å². The van der Waals surface area contributed by atoms with Crippen LogP contribution >= 0.6 is 11.6 Å². The highest BCUT2D eigenvalue weighted by Gasteiger charge is 1.74. The summed E-state index contributed by atoms with van der Waals surface area (Å²) in [7, 11) is 0. The van der Waals surface area contributed by atoms with Crippen molar-refractivity contribution in [2.24, 2.45) is 0 Å². The SMILES string of the molecule is CC(C)=CCCCl.CC(C)=O. The summed E-state index contributed by atoms with van der Waals surface area (Å²) in [5.41, 5.74) is 1.35. The molecule has 1 nitrogen and oxygen atoms in total. The normalized spacial score (nSPS) is 7.73. The maximum absolute atomic E-state index is 9.44. The lowest BCUT2D eigenvalue weighted by Crippen LogP contribution is -1.69. The maximum atomic E-state index is 9.44. The first-order valence-corrected chi connectivity index (χ1v) is 4.20. The molecule has 0 saturated carbocycles. The predicted octanol–water partition coefficient (Wildman–Crippen LogP) is 3.18. The number of alkyl halides is 1. The minimum absolute atomic E-state index is 0.167. The molecule has 0 rings (SSSR count). The van der Waals surface area contributed by atoms with Gasteiger partial charge in [0.15, 0.2) is 0 Å². The fourth-order valence-corrected chi connectivity index (χ4v) is 0.452. The number of rotatable bonds is 2. The van der Waals surface area contributed by atoms with Crippen LogP contribution in [0.15, 0.2) is 11.6 Å². The van der Waals surface area contributed by atoms with Gasteiger partial charge in [-0.05, 0) is 34.1 Å². The third-order valence-electron chi connectivity index (χ3n) is 0.662. The first-order valence-electron chi connectivity index (χ1n) is 3.67. The molecule has 0 radical (unpaired) electrons. The van der Waals surface area contributed by atoms with Crippen LogP contribution in [0.3, 0.4) is 0 Å². The zero-order chi connectivity index (χ0) is 9.28. The van der Waals surface area contributed by atoms with Crippen molar-refractivity contribution in [1.29, 1.82) is 0 Å². The highest BCUT2D eigenvalue weighted by molar-refractivity contribution is 6.17. The lowest BCUT2D eigenvalue weighted by Gasteiger charge is -1.84. The van der Waals surface area contributed by atoms with Gasteiger partial charge in [0.05, 0.1) is 0 Å². The number of carbonyl (C=O) groups excluding carboxylic acids is 1. The zero-order valence-electron chi connectivity index (χ0n) is 7.78. The summed E-state index contributed by atoms with van der Waals surface area (Å²) in [6, 6.07) is 0. The van der Waals surface area contributed by atoms with Gasteiger partial charge in [0.1, 0.15) is 5.78 Å². The van der Waals surface area contributed by atoms with Crippen molar-refractivity contribution in [2.75, 3.05) is 5.88 Å². The van der Waals surface area contributed by atoms with Crippen LogP contribution in [-0.4, -0.2) is 11.7 Å². The Labute approximate surface area is 74.4 Å². The lowest BCUT2D eigenvalue weighted by atomic mass is 10.3. The summed E-state index contributed by atoms with van der Waals surface area (Å²) >= 11 is 5.40. The number of halogens is 1. The molecule has 0 aromatic carbocycles. The van der Waals surface area contributed by atoms with E-state index in [1.54, 1.807) is 0 Å². The van der Waals surface area contributed by atoms with E-state index < -0.39 is 0 Å². The molecule has 0 aromatic heterocycles. The standard InChI is InChI=1S/C6H11Cl.C3H6O/c1-6(2)4-3-5-7;1-3(2)4/h4H,3,5H2,1-2H3;1-2H3. The highest BCUT2D eigenvalue weighted by Crippen LogP contribution is 1.92. The summed E-state index contributed by atoms with van der Waals surface area (Å²) in [6.45, 7) is 7.21. The quantitative estimate of drug-likeness (QED) is 0.467. The van der Waals surface area contributed by atoms with Gasteiger partial charge in [0.2, 0.25) is 0 Å². The monoisotopic (exact) mass is 176 g/mol. The van der Waals surface area contributed by atoms with Gasteiger partial charge in [-0.3, -0.25) is 0 Å². The van der Waals surface area contributed by atoms with Gasteiger partial charge in [0, 0.05) is 5.88 Å². The Morgan fingerprint density at radius 2 is 1.64 bits per heavy atom. The second-order valence-electron chi connectivity index (χ2n) is 2.67. The van der Waals surface area contributed by atoms with E-state index >= 15 is 0 Å². The molecule has 66 valence electrons. The van der Waals surface area contributed by atoms with E-state index in [2.05, 4.69) is 19.9 Å². The van der Waals surface area contributed by atoms with E-state index in [4.69, 9.17) is 11.6 Å². The third-order valence-corrected chi connectivity index (χ3v) is 0.880. The fraction of sp³-hybridized carbons (Fsp3) is 0.667. The second kappa shape index (κ2) is 9.70. The van der Waals surface area contributed by atoms with Crippen LogP contribution in [0.5, 0.6) is 0 Å². The predicted molar refractivity (Wildman–Crippen MR) is 51.1 cm³/mol. The number of ketones is 1. The van der Waals surface area contributed by atoms with Crippen molar-refractivity contribution in [2.45, 2.75) is 34.1 Å². The Kier molecular flexibility index (Phi) is 11.7. The smallest absolute Gasteiger partial charge is 0.126 e. The highest BCUT2D eigenvalue weighted by atomic mass is 35.5. The maximum Gasteiger partial charge on any atom is 0.126 e. The minimum Gasteiger partial charge on any atom is -0.300 e. The summed E-state index contributed by atoms with van der Waals surface area (Å²) in [5, 5.41) is 0. The molecule has 0 aliphatic heterocycles. The zero-order valence-corrected chi connectivity index (χ0v) is 8.53. The molecule has 0 fully saturated rings. The molecule has 0 aliphatic carbocycles. The second-order valence-corrected chi connectivity index (χ2v) is 3.05. The first kappa shape index (κ1) is 13.3. The average molecular weight is 177 g/mol. The molecule has 0 unspecified atom stereocenters. The summed E-state index contributed by atoms with van der Waals surface area (Å²) in [4.78, 5) is 9.44. The molecule has 0 atom stereocenters. The number of hydrogen-bond acceptors (Lipinski definition) is 1. The van der Waals surface area contributed by atoms with Crippen molar-refractivity contribution < 1.29 is 4.79 Å². The number of carbonyl (C=O) groups is 1. The Bertz CT molecular complexity index is 120. The molecule has 0 heterocycles. The molecule has 0 saturated heterocycles. The summed E-state index contributed by atoms with van der Waals surface area (Å²) in [5.74, 6) is 0.908. The van der Waals surface area contributed by atoms with E-state index in [0.29, 0.717) is 0 Å². The molecule has 0 N–H and O–H groups in total. The minimum atomic E-state index is 0.167. The number of Topliss-reactive ketones (excluding diaryl/α,β-unsaturated/α-hetero) is 1. The molecule has 0 amide bonds. The average Bonchev–Trinajstić information content (AvgIpc) is 1.82. The third kappa shape index (κ3) is 42.0. The van der Waals surface area contributed by atoms with Crippen LogP contribution in [0.2, 0.25) is 0 Å². The molecule has 2 heteroatoms. The van der Waals surface area contributed by atoms with E-state index in [9.17, 15) is 4.79 Å². The first-order chi connectivity index (χ1) is 5.00. The lowest BCUT2D eigenvalue weighted by molar-refractivity contribution is -0.114. The molecule has 0 aliphatic rings. The van der Waals surface area contributed by atoms with E-state index in [1.165, 1.54) is 19.4 Å². The van der Waals surface area contributed by atoms with Gasteiger partial charge in [-0.15, -0.1) is 11.6 Å². The molecule has 0 spiro atoms. The number of hydrogen-bond donors (Lipinski definition) is 0. The van der Waals surface area contributed by atoms with Crippen LogP contribution < -0.4 is 0 Å². The summed E-state index contributed by atoms with van der Waals surface area (Å²) < 4.78 is 0. The van der Waals surface area contributed by atoms with Crippen molar-refractivity contribution in [3.63, 3.8) is 0 Å². The van der Waals surface area contributed by atoms with Crippen LogP contribution in [0.4, 0.5) is 0 Å². The van der Waals surface area contributed by atoms with Gasteiger partial charge in [-0.2, -0.15) is 0 Å². The molecular formula is C9H17ClO. The van der Waals surface area contributed by atoms with E-state index in [-0.39, 0.29) is 5.78 Å². The van der Waals surface area contributed by atoms with Crippen LogP contribution in [0.1, 0.15) is 34.1 Å². The fourth-order valence-electron chi connectivity index (χ4n) is 0.343. The van der Waals surface area contributed by atoms with Gasteiger partial charge in [-0.25, -0.2) is 0 Å². The Morgan fingerprint density at radius 3 is 1.73 bits per heavy atom. The van der Waals surface area contributed by atoms with Crippen molar-refractivity contribution in [1.82, 2.24) is 0 Å². The van der Waals surface area contributed by atoms with Gasteiger partial charge in [0.25, 0.3) is 0 Å². The number of allylic oxidation sites excluding steroid dienone is 2. The van der Waals surface area contributed by atoms with Gasteiger partial charge < -0.3 is 4.79 Å². The van der Waals surface area contributed by atoms with Crippen molar-refractivity contribution in [3.8, 4) is 0 Å². The van der Waals surface area contributed by atoms with Crippen molar-refractivity contribution >= 4 is 17.4 Å². The van der Waals surface area contributed by atoms with E-state index in [0.717, 1.165) is 12.3 Å². The van der Waals surface area contributed by atoms with Gasteiger partial charge in [-0.1, -0.05) is 11.6 Å². The van der Waals surface area contributed by atoms with Crippen molar-refractivity contribution in [3.05, 3.63) is 11.6 Å². The van der Waals surface area contributed by atoms with E-state index in [1.807, 2.05) is 0 Å². The molecule has 11 heavy (non-hydrogen) atoms. The molecule has 0 aromatic rings.